The van der Waals surface area contributed by atoms with Crippen LogP contribution in [0.1, 0.15) is 55.7 Å². The highest BCUT2D eigenvalue weighted by Gasteiger charge is 2.30. The van der Waals surface area contributed by atoms with Crippen LogP contribution in [0.25, 0.3) is 0 Å². The molecule has 0 saturated heterocycles. The Hall–Kier alpha value is -1.22. The third-order valence-electron chi connectivity index (χ3n) is 6.28. The zero-order valence-corrected chi connectivity index (χ0v) is 20.0. The molecule has 1 amide bonds. The molecular formula is C22H27BrN2O3S2. The number of amides is 1. The van der Waals surface area contributed by atoms with Crippen LogP contribution >= 0.6 is 27.3 Å². The summed E-state index contributed by atoms with van der Waals surface area (Å²) in [5, 5.41) is 3.29. The summed E-state index contributed by atoms with van der Waals surface area (Å²) in [4.78, 5) is 12.9. The van der Waals surface area contributed by atoms with Crippen LogP contribution in [0.5, 0.6) is 0 Å². The smallest absolute Gasteiger partial charge is 0.250 e. The Bertz CT molecular complexity index is 997. The third kappa shape index (κ3) is 5.15. The van der Waals surface area contributed by atoms with E-state index in [4.69, 9.17) is 0 Å². The molecule has 0 unspecified atom stereocenters. The van der Waals surface area contributed by atoms with Crippen LogP contribution in [0.2, 0.25) is 0 Å². The number of rotatable bonds is 6. The summed E-state index contributed by atoms with van der Waals surface area (Å²) < 4.78 is 28.7. The molecule has 1 saturated carbocycles. The van der Waals surface area contributed by atoms with E-state index >= 15 is 0 Å². The molecule has 8 heteroatoms. The first-order valence-corrected chi connectivity index (χ1v) is 13.6. The molecule has 1 heterocycles. The van der Waals surface area contributed by atoms with Crippen molar-refractivity contribution in [2.24, 2.45) is 11.8 Å². The average Bonchev–Trinajstić information content (AvgIpc) is 3.20. The standard InChI is InChI=1S/C22H27BrN2O3S2/c23-20-12-13-21(29-20)30(27,28)24-14-15-8-10-17(11-9-15)22(26)25-19-7-3-5-16-4-1-2-6-18(16)19/h1-2,4,6,12-13,15,17,19,24H,3,5,7-11,14H2,(H,25,26)/t15?,17?,19-/m1/s1. The minimum absolute atomic E-state index is 0.0280. The van der Waals surface area contributed by atoms with Gasteiger partial charge in [0.25, 0.3) is 0 Å². The van der Waals surface area contributed by atoms with Crippen molar-refractivity contribution in [2.45, 2.75) is 55.2 Å². The van der Waals surface area contributed by atoms with Gasteiger partial charge < -0.3 is 5.32 Å². The summed E-state index contributed by atoms with van der Waals surface area (Å²) in [6.07, 6.45) is 6.57. The Labute approximate surface area is 190 Å². The van der Waals surface area contributed by atoms with Crippen molar-refractivity contribution in [2.75, 3.05) is 6.54 Å². The topological polar surface area (TPSA) is 75.3 Å². The summed E-state index contributed by atoms with van der Waals surface area (Å²) in [7, 11) is -3.46. The molecule has 0 aliphatic heterocycles. The van der Waals surface area contributed by atoms with E-state index < -0.39 is 10.0 Å². The number of hydrogen-bond acceptors (Lipinski definition) is 4. The first-order chi connectivity index (χ1) is 14.4. The number of thiophene rings is 1. The van der Waals surface area contributed by atoms with Crippen molar-refractivity contribution < 1.29 is 13.2 Å². The highest BCUT2D eigenvalue weighted by Crippen LogP contribution is 2.33. The summed E-state index contributed by atoms with van der Waals surface area (Å²) >= 11 is 4.52. The summed E-state index contributed by atoms with van der Waals surface area (Å²) in [5.41, 5.74) is 2.61. The molecule has 2 aliphatic rings. The molecule has 1 aromatic heterocycles. The van der Waals surface area contributed by atoms with Crippen molar-refractivity contribution in [1.82, 2.24) is 10.0 Å². The lowest BCUT2D eigenvalue weighted by molar-refractivity contribution is -0.127. The molecule has 0 radical (unpaired) electrons. The fraction of sp³-hybridized carbons (Fsp3) is 0.500. The van der Waals surface area contributed by atoms with Crippen molar-refractivity contribution in [3.05, 3.63) is 51.3 Å². The van der Waals surface area contributed by atoms with E-state index in [-0.39, 0.29) is 23.8 Å². The van der Waals surface area contributed by atoms with Crippen molar-refractivity contribution >= 4 is 43.2 Å². The number of fused-ring (bicyclic) bond motifs is 1. The number of nitrogens with one attached hydrogen (secondary N) is 2. The maximum Gasteiger partial charge on any atom is 0.250 e. The second-order valence-corrected chi connectivity index (χ2v) is 12.7. The normalized spacial score (nSPS) is 24.2. The van der Waals surface area contributed by atoms with Gasteiger partial charge in [-0.15, -0.1) is 11.3 Å². The van der Waals surface area contributed by atoms with Gasteiger partial charge in [0.1, 0.15) is 4.21 Å². The Kier molecular flexibility index (Phi) is 6.97. The molecule has 30 heavy (non-hydrogen) atoms. The molecule has 162 valence electrons. The van der Waals surface area contributed by atoms with Crippen molar-refractivity contribution in [3.8, 4) is 0 Å². The van der Waals surface area contributed by atoms with Crippen LogP contribution in [0.4, 0.5) is 0 Å². The van der Waals surface area contributed by atoms with Crippen LogP contribution < -0.4 is 10.0 Å². The predicted molar refractivity (Wildman–Crippen MR) is 123 cm³/mol. The van der Waals surface area contributed by atoms with Gasteiger partial charge in [0.15, 0.2) is 0 Å². The Morgan fingerprint density at radius 2 is 1.83 bits per heavy atom. The largest absolute Gasteiger partial charge is 0.349 e. The number of sulfonamides is 1. The van der Waals surface area contributed by atoms with Crippen LogP contribution in [0, 0.1) is 11.8 Å². The SMILES string of the molecule is O=C(N[C@@H]1CCCc2ccccc21)C1CCC(CNS(=O)(=O)c2ccc(Br)s2)CC1. The molecule has 0 bridgehead atoms. The highest BCUT2D eigenvalue weighted by molar-refractivity contribution is 9.11. The zero-order chi connectivity index (χ0) is 21.1. The minimum Gasteiger partial charge on any atom is -0.349 e. The highest BCUT2D eigenvalue weighted by atomic mass is 79.9. The molecule has 0 spiro atoms. The summed E-state index contributed by atoms with van der Waals surface area (Å²) in [6.45, 7) is 0.433. The van der Waals surface area contributed by atoms with Gasteiger partial charge in [-0.3, -0.25) is 4.79 Å². The molecule has 5 nitrogen and oxygen atoms in total. The molecule has 1 fully saturated rings. The molecule has 2 aromatic rings. The Morgan fingerprint density at radius 1 is 1.07 bits per heavy atom. The molecule has 4 rings (SSSR count). The molecule has 1 atom stereocenters. The first kappa shape index (κ1) is 22.0. The minimum atomic E-state index is -3.46. The number of aryl methyl sites for hydroxylation is 1. The number of benzene rings is 1. The van der Waals surface area contributed by atoms with Crippen molar-refractivity contribution in [1.29, 1.82) is 0 Å². The van der Waals surface area contributed by atoms with E-state index in [0.717, 1.165) is 48.7 Å². The number of hydrogen-bond donors (Lipinski definition) is 2. The zero-order valence-electron chi connectivity index (χ0n) is 16.8. The summed E-state index contributed by atoms with van der Waals surface area (Å²) in [5.74, 6) is 0.460. The predicted octanol–water partition coefficient (Wildman–Crippen LogP) is 4.79. The van der Waals surface area contributed by atoms with Gasteiger partial charge in [-0.25, -0.2) is 13.1 Å². The van der Waals surface area contributed by atoms with E-state index in [2.05, 4.69) is 44.2 Å². The third-order valence-corrected chi connectivity index (χ3v) is 9.82. The van der Waals surface area contributed by atoms with Gasteiger partial charge in [0.05, 0.1) is 9.83 Å². The van der Waals surface area contributed by atoms with Crippen LogP contribution in [0.15, 0.2) is 44.4 Å². The van der Waals surface area contributed by atoms with Gasteiger partial charge in [-0.2, -0.15) is 0 Å². The van der Waals surface area contributed by atoms with Crippen molar-refractivity contribution in [3.63, 3.8) is 0 Å². The number of halogens is 1. The first-order valence-electron chi connectivity index (χ1n) is 10.6. The molecular weight excluding hydrogens is 484 g/mol. The Balaban J connectivity index is 1.26. The molecule has 2 aliphatic carbocycles. The van der Waals surface area contributed by atoms with E-state index in [1.165, 1.54) is 22.5 Å². The second kappa shape index (κ2) is 9.51. The van der Waals surface area contributed by atoms with Gasteiger partial charge in [-0.1, -0.05) is 24.3 Å². The van der Waals surface area contributed by atoms with E-state index in [1.54, 1.807) is 12.1 Å². The lowest BCUT2D eigenvalue weighted by atomic mass is 9.81. The summed E-state index contributed by atoms with van der Waals surface area (Å²) in [6, 6.07) is 11.9. The van der Waals surface area contributed by atoms with Gasteiger partial charge >= 0.3 is 0 Å². The monoisotopic (exact) mass is 510 g/mol. The van der Waals surface area contributed by atoms with Crippen LogP contribution in [-0.4, -0.2) is 20.9 Å². The average molecular weight is 512 g/mol. The van der Waals surface area contributed by atoms with Crippen LogP contribution in [0.3, 0.4) is 0 Å². The lowest BCUT2D eigenvalue weighted by Gasteiger charge is -2.31. The second-order valence-electron chi connectivity index (χ2n) is 8.28. The van der Waals surface area contributed by atoms with E-state index in [0.29, 0.717) is 10.8 Å². The molecule has 1 aromatic carbocycles. The fourth-order valence-corrected chi connectivity index (χ4v) is 7.73. The Morgan fingerprint density at radius 3 is 2.57 bits per heavy atom. The number of carbonyl (C=O) groups is 1. The maximum atomic E-state index is 12.9. The molecule has 2 N–H and O–H groups in total. The van der Waals surface area contributed by atoms with Gasteiger partial charge in [0.2, 0.25) is 15.9 Å². The quantitative estimate of drug-likeness (QED) is 0.586. The van der Waals surface area contributed by atoms with E-state index in [1.807, 2.05) is 6.07 Å². The van der Waals surface area contributed by atoms with E-state index in [9.17, 15) is 13.2 Å². The van der Waals surface area contributed by atoms with Gasteiger partial charge in [-0.05, 0) is 90.1 Å². The van der Waals surface area contributed by atoms with Gasteiger partial charge in [0, 0.05) is 12.5 Å². The fourth-order valence-electron chi connectivity index (χ4n) is 4.56. The number of carbonyl (C=O) groups excluding carboxylic acids is 1. The lowest BCUT2D eigenvalue weighted by Crippen LogP contribution is -2.38. The maximum absolute atomic E-state index is 12.9. The van der Waals surface area contributed by atoms with Crippen LogP contribution in [-0.2, 0) is 21.2 Å².